The number of carbonyl (C=O) groups excluding carboxylic acids is 1. The third-order valence-corrected chi connectivity index (χ3v) is 2.48. The number of nitro benzene ring substituents is 1. The summed E-state index contributed by atoms with van der Waals surface area (Å²) in [5, 5.41) is 10.7. The average Bonchev–Trinajstić information content (AvgIpc) is 2.26. The molecule has 0 aliphatic heterocycles. The monoisotopic (exact) mass is 225 g/mol. The number of rotatable bonds is 4. The van der Waals surface area contributed by atoms with Crippen LogP contribution < -0.4 is 0 Å². The smallest absolute Gasteiger partial charge is 0.273 e. The van der Waals surface area contributed by atoms with Crippen molar-refractivity contribution in [2.75, 3.05) is 0 Å². The Bertz CT molecular complexity index is 431. The highest BCUT2D eigenvalue weighted by Crippen LogP contribution is 2.28. The number of nitrogens with zero attached hydrogens (tertiary/aromatic N) is 1. The molecule has 0 amide bonds. The van der Waals surface area contributed by atoms with Crippen molar-refractivity contribution in [3.63, 3.8) is 0 Å². The molecule has 0 heterocycles. The van der Waals surface area contributed by atoms with Crippen molar-refractivity contribution in [3.05, 3.63) is 39.7 Å². The van der Waals surface area contributed by atoms with Crippen LogP contribution in [0.25, 0.3) is 0 Å². The van der Waals surface area contributed by atoms with Gasteiger partial charge in [0.25, 0.3) is 5.69 Å². The summed E-state index contributed by atoms with van der Waals surface area (Å²) in [7, 11) is 0. The normalized spacial score (nSPS) is 12.2. The number of benzene rings is 1. The Morgan fingerprint density at radius 2 is 2.19 bits per heavy atom. The number of nitro groups is 1. The van der Waals surface area contributed by atoms with E-state index in [0.29, 0.717) is 0 Å². The van der Waals surface area contributed by atoms with E-state index < -0.39 is 16.7 Å². The van der Waals surface area contributed by atoms with Gasteiger partial charge in [0.2, 0.25) is 0 Å². The summed E-state index contributed by atoms with van der Waals surface area (Å²) < 4.78 is 13.0. The van der Waals surface area contributed by atoms with Crippen LogP contribution in [0.4, 0.5) is 10.1 Å². The van der Waals surface area contributed by atoms with E-state index in [4.69, 9.17) is 0 Å². The van der Waals surface area contributed by atoms with Gasteiger partial charge < -0.3 is 0 Å². The van der Waals surface area contributed by atoms with Crippen LogP contribution in [0, 0.1) is 15.9 Å². The lowest BCUT2D eigenvalue weighted by Crippen LogP contribution is -2.10. The van der Waals surface area contributed by atoms with Gasteiger partial charge in [0, 0.05) is 24.0 Å². The van der Waals surface area contributed by atoms with Gasteiger partial charge >= 0.3 is 0 Å². The first kappa shape index (κ1) is 12.3. The van der Waals surface area contributed by atoms with Gasteiger partial charge in [-0.25, -0.2) is 4.39 Å². The molecular formula is C11H12FNO3. The molecule has 0 aliphatic carbocycles. The fraction of sp³-hybridized carbons (Fsp3) is 0.364. The summed E-state index contributed by atoms with van der Waals surface area (Å²) in [4.78, 5) is 21.6. The van der Waals surface area contributed by atoms with Gasteiger partial charge in [0.05, 0.1) is 4.92 Å². The van der Waals surface area contributed by atoms with Crippen molar-refractivity contribution < 1.29 is 14.1 Å². The first-order chi connectivity index (χ1) is 7.47. The lowest BCUT2D eigenvalue weighted by atomic mass is 9.94. The molecule has 0 saturated carbocycles. The Balaban J connectivity index is 3.24. The van der Waals surface area contributed by atoms with Gasteiger partial charge in [-0.15, -0.1) is 0 Å². The van der Waals surface area contributed by atoms with Crippen LogP contribution in [-0.2, 0) is 4.79 Å². The van der Waals surface area contributed by atoms with Crippen LogP contribution in [-0.4, -0.2) is 10.7 Å². The minimum atomic E-state index is -0.652. The highest BCUT2D eigenvalue weighted by atomic mass is 19.1. The molecule has 0 spiro atoms. The molecule has 1 atom stereocenters. The third kappa shape index (κ3) is 2.42. The number of hydrogen-bond acceptors (Lipinski definition) is 3. The number of ketones is 1. The quantitative estimate of drug-likeness (QED) is 0.584. The second-order valence-electron chi connectivity index (χ2n) is 3.50. The number of hydrogen-bond donors (Lipinski definition) is 0. The number of Topliss-reactive ketones (excluding diaryl/α,β-unsaturated/α-hetero) is 1. The summed E-state index contributed by atoms with van der Waals surface area (Å²) in [6, 6.07) is 3.16. The summed E-state index contributed by atoms with van der Waals surface area (Å²) in [6.07, 6.45) is 0.273. The molecule has 0 radical (unpaired) electrons. The first-order valence-corrected chi connectivity index (χ1v) is 4.94. The van der Waals surface area contributed by atoms with Crippen LogP contribution in [0.3, 0.4) is 0 Å². The van der Waals surface area contributed by atoms with Crippen molar-refractivity contribution in [2.45, 2.75) is 26.2 Å². The van der Waals surface area contributed by atoms with Gasteiger partial charge in [-0.2, -0.15) is 0 Å². The van der Waals surface area contributed by atoms with Crippen LogP contribution in [0.1, 0.15) is 31.7 Å². The Hall–Kier alpha value is -1.78. The maximum Gasteiger partial charge on any atom is 0.273 e. The van der Waals surface area contributed by atoms with E-state index in [1.54, 1.807) is 13.8 Å². The molecule has 0 aromatic heterocycles. The van der Waals surface area contributed by atoms with E-state index in [1.807, 2.05) is 0 Å². The summed E-state index contributed by atoms with van der Waals surface area (Å²) in [6.45, 7) is 3.22. The standard InChI is InChI=1S/C11H12FNO3/c1-3-11(14)7(2)9-6-8(12)4-5-10(9)13(15)16/h4-7H,3H2,1-2H3. The van der Waals surface area contributed by atoms with E-state index in [1.165, 1.54) is 0 Å². The topological polar surface area (TPSA) is 60.2 Å². The molecular weight excluding hydrogens is 213 g/mol. The molecule has 0 bridgehead atoms. The van der Waals surface area contributed by atoms with Gasteiger partial charge in [-0.1, -0.05) is 13.8 Å². The van der Waals surface area contributed by atoms with Crippen molar-refractivity contribution >= 4 is 11.5 Å². The van der Waals surface area contributed by atoms with E-state index in [0.717, 1.165) is 18.2 Å². The van der Waals surface area contributed by atoms with Crippen molar-refractivity contribution in [1.82, 2.24) is 0 Å². The Labute approximate surface area is 92.2 Å². The predicted octanol–water partition coefficient (Wildman–Crippen LogP) is 2.82. The van der Waals surface area contributed by atoms with Crippen LogP contribution in [0.5, 0.6) is 0 Å². The second kappa shape index (κ2) is 4.83. The second-order valence-corrected chi connectivity index (χ2v) is 3.50. The summed E-state index contributed by atoms with van der Waals surface area (Å²) >= 11 is 0. The molecule has 4 nitrogen and oxygen atoms in total. The molecule has 5 heteroatoms. The zero-order valence-corrected chi connectivity index (χ0v) is 9.07. The fourth-order valence-corrected chi connectivity index (χ4v) is 1.52. The summed E-state index contributed by atoms with van der Waals surface area (Å²) in [5.41, 5.74) is -0.0763. The molecule has 0 saturated heterocycles. The van der Waals surface area contributed by atoms with Crippen molar-refractivity contribution in [3.8, 4) is 0 Å². The Morgan fingerprint density at radius 3 is 2.69 bits per heavy atom. The first-order valence-electron chi connectivity index (χ1n) is 4.94. The third-order valence-electron chi connectivity index (χ3n) is 2.48. The zero-order chi connectivity index (χ0) is 12.3. The zero-order valence-electron chi connectivity index (χ0n) is 9.07. The number of halogens is 1. The average molecular weight is 225 g/mol. The van der Waals surface area contributed by atoms with E-state index in [-0.39, 0.29) is 23.5 Å². The minimum Gasteiger partial charge on any atom is -0.299 e. The molecule has 1 rings (SSSR count). The highest BCUT2D eigenvalue weighted by molar-refractivity contribution is 5.86. The van der Waals surface area contributed by atoms with Crippen molar-refractivity contribution in [2.24, 2.45) is 0 Å². The molecule has 0 aliphatic rings. The van der Waals surface area contributed by atoms with Crippen LogP contribution in [0.2, 0.25) is 0 Å². The van der Waals surface area contributed by atoms with E-state index in [9.17, 15) is 19.3 Å². The van der Waals surface area contributed by atoms with Gasteiger partial charge in [0.15, 0.2) is 0 Å². The SMILES string of the molecule is CCC(=O)C(C)c1cc(F)ccc1[N+](=O)[O-]. The molecule has 1 aromatic carbocycles. The summed E-state index contributed by atoms with van der Waals surface area (Å²) in [5.74, 6) is -1.37. The van der Waals surface area contributed by atoms with Gasteiger partial charge in [0.1, 0.15) is 11.6 Å². The lowest BCUT2D eigenvalue weighted by Gasteiger charge is -2.09. The van der Waals surface area contributed by atoms with E-state index >= 15 is 0 Å². The predicted molar refractivity (Wildman–Crippen MR) is 56.8 cm³/mol. The molecule has 1 aromatic rings. The van der Waals surface area contributed by atoms with Crippen molar-refractivity contribution in [1.29, 1.82) is 0 Å². The Kier molecular flexibility index (Phi) is 3.71. The number of carbonyl (C=O) groups is 1. The fourth-order valence-electron chi connectivity index (χ4n) is 1.52. The molecule has 0 fully saturated rings. The maximum absolute atomic E-state index is 13.0. The van der Waals surface area contributed by atoms with Crippen LogP contribution in [0.15, 0.2) is 18.2 Å². The van der Waals surface area contributed by atoms with Gasteiger partial charge in [-0.05, 0) is 12.1 Å². The lowest BCUT2D eigenvalue weighted by molar-refractivity contribution is -0.385. The minimum absolute atomic E-state index is 0.136. The van der Waals surface area contributed by atoms with Gasteiger partial charge in [-0.3, -0.25) is 14.9 Å². The Morgan fingerprint density at radius 1 is 1.56 bits per heavy atom. The van der Waals surface area contributed by atoms with Crippen LogP contribution >= 0.6 is 0 Å². The van der Waals surface area contributed by atoms with E-state index in [2.05, 4.69) is 0 Å². The molecule has 1 unspecified atom stereocenters. The molecule has 16 heavy (non-hydrogen) atoms. The highest BCUT2D eigenvalue weighted by Gasteiger charge is 2.23. The molecule has 0 N–H and O–H groups in total. The molecule has 86 valence electrons. The maximum atomic E-state index is 13.0. The largest absolute Gasteiger partial charge is 0.299 e.